The van der Waals surface area contributed by atoms with Crippen molar-refractivity contribution in [3.05, 3.63) is 0 Å². The molecule has 1 aliphatic carbocycles. The van der Waals surface area contributed by atoms with E-state index in [0.717, 1.165) is 12.8 Å². The van der Waals surface area contributed by atoms with Crippen LogP contribution in [0.25, 0.3) is 0 Å². The minimum Gasteiger partial charge on any atom is -0.478 e. The lowest BCUT2D eigenvalue weighted by Gasteiger charge is -2.52. The number of thioether (sulfide) groups is 1. The number of Topliss-reactive ketones (excluding diaryl/α,β-unsaturated/α-hetero) is 1. The molecule has 0 amide bonds. The molecule has 0 aromatic heterocycles. The molecule has 2 atom stereocenters. The number of hydrogen-bond donors (Lipinski definition) is 0. The van der Waals surface area contributed by atoms with E-state index in [9.17, 15) is 4.79 Å². The molecule has 0 N–H and O–H groups in total. The smallest absolute Gasteiger partial charge is 0.220 e. The zero-order valence-electron chi connectivity index (χ0n) is 12.9. The fraction of sp³-hybridized carbons (Fsp3) is 0.867. The highest BCUT2D eigenvalue weighted by molar-refractivity contribution is 8.23. The first-order valence-corrected chi connectivity index (χ1v) is 8.34. The molecule has 1 saturated carbocycles. The van der Waals surface area contributed by atoms with E-state index in [1.54, 1.807) is 0 Å². The highest BCUT2D eigenvalue weighted by atomic mass is 32.2. The first kappa shape index (κ1) is 17.0. The maximum Gasteiger partial charge on any atom is 0.220 e. The highest BCUT2D eigenvalue weighted by Gasteiger charge is 2.58. The fourth-order valence-electron chi connectivity index (χ4n) is 2.74. The molecule has 2 nitrogen and oxygen atoms in total. The van der Waals surface area contributed by atoms with E-state index in [4.69, 9.17) is 17.0 Å². The van der Waals surface area contributed by atoms with E-state index in [0.29, 0.717) is 16.8 Å². The van der Waals surface area contributed by atoms with Crippen LogP contribution in [-0.4, -0.2) is 22.0 Å². The maximum atomic E-state index is 12.1. The van der Waals surface area contributed by atoms with Gasteiger partial charge in [0.05, 0.1) is 11.9 Å². The van der Waals surface area contributed by atoms with Crippen LogP contribution in [0.5, 0.6) is 0 Å². The molecule has 0 radical (unpaired) electrons. The van der Waals surface area contributed by atoms with Gasteiger partial charge in [-0.2, -0.15) is 0 Å². The molecule has 0 aromatic carbocycles. The second-order valence-corrected chi connectivity index (χ2v) is 8.37. The van der Waals surface area contributed by atoms with Gasteiger partial charge in [0.1, 0.15) is 5.78 Å². The van der Waals surface area contributed by atoms with Crippen molar-refractivity contribution >= 4 is 34.1 Å². The lowest BCUT2D eigenvalue weighted by atomic mass is 9.56. The van der Waals surface area contributed by atoms with Gasteiger partial charge < -0.3 is 4.74 Å². The standard InChI is InChI=1S/C15H26O2S2/c1-7-15(8-2)10(3)11(16)12(15)19-13(18)17-9-14(4,5)6/h10,12H,7-9H2,1-6H3/t10-,12-/m0/s1. The largest absolute Gasteiger partial charge is 0.478 e. The van der Waals surface area contributed by atoms with E-state index in [2.05, 4.69) is 34.6 Å². The minimum absolute atomic E-state index is 0.00929. The average molecular weight is 303 g/mol. The third kappa shape index (κ3) is 3.52. The molecular formula is C15H26O2S2. The van der Waals surface area contributed by atoms with Crippen LogP contribution in [0.15, 0.2) is 0 Å². The zero-order valence-corrected chi connectivity index (χ0v) is 14.5. The summed E-state index contributed by atoms with van der Waals surface area (Å²) in [7, 11) is 0. The van der Waals surface area contributed by atoms with Crippen LogP contribution in [0.2, 0.25) is 0 Å². The molecular weight excluding hydrogens is 276 g/mol. The molecule has 0 unspecified atom stereocenters. The summed E-state index contributed by atoms with van der Waals surface area (Å²) >= 11 is 6.73. The molecule has 0 saturated heterocycles. The summed E-state index contributed by atoms with van der Waals surface area (Å²) in [5.41, 5.74) is 0.199. The van der Waals surface area contributed by atoms with Crippen molar-refractivity contribution in [2.75, 3.05) is 6.61 Å². The van der Waals surface area contributed by atoms with Crippen molar-refractivity contribution in [2.45, 2.75) is 59.6 Å². The van der Waals surface area contributed by atoms with Crippen LogP contribution < -0.4 is 0 Å². The molecule has 0 aromatic rings. The number of rotatable bonds is 4. The Morgan fingerprint density at radius 1 is 1.37 bits per heavy atom. The van der Waals surface area contributed by atoms with Crippen LogP contribution in [0, 0.1) is 16.7 Å². The Morgan fingerprint density at radius 3 is 2.32 bits per heavy atom. The third-order valence-electron chi connectivity index (χ3n) is 4.22. The molecule has 110 valence electrons. The number of ketones is 1. The Hall–Kier alpha value is -0.0900. The van der Waals surface area contributed by atoms with Gasteiger partial charge in [-0.25, -0.2) is 0 Å². The number of thiocarbonyl (C=S) groups is 1. The minimum atomic E-state index is -0.00929. The van der Waals surface area contributed by atoms with E-state index >= 15 is 0 Å². The monoisotopic (exact) mass is 302 g/mol. The van der Waals surface area contributed by atoms with Crippen molar-refractivity contribution in [3.8, 4) is 0 Å². The Morgan fingerprint density at radius 2 is 1.89 bits per heavy atom. The van der Waals surface area contributed by atoms with Crippen molar-refractivity contribution in [1.82, 2.24) is 0 Å². The second kappa shape index (κ2) is 6.13. The van der Waals surface area contributed by atoms with Crippen LogP contribution >= 0.6 is 24.0 Å². The molecule has 1 fully saturated rings. The highest BCUT2D eigenvalue weighted by Crippen LogP contribution is 2.54. The van der Waals surface area contributed by atoms with Crippen molar-refractivity contribution in [2.24, 2.45) is 16.7 Å². The number of carbonyl (C=O) groups is 1. The first-order chi connectivity index (χ1) is 8.68. The van der Waals surface area contributed by atoms with Crippen LogP contribution in [0.1, 0.15) is 54.4 Å². The lowest BCUT2D eigenvalue weighted by Crippen LogP contribution is -2.58. The summed E-state index contributed by atoms with van der Waals surface area (Å²) in [6.45, 7) is 13.3. The first-order valence-electron chi connectivity index (χ1n) is 7.05. The SMILES string of the molecule is CCC1(CC)[C@@H](C)C(=O)[C@@H]1SC(=S)OCC(C)(C)C. The molecule has 1 aliphatic rings. The molecule has 19 heavy (non-hydrogen) atoms. The van der Waals surface area contributed by atoms with Gasteiger partial charge in [0.25, 0.3) is 0 Å². The normalized spacial score (nSPS) is 25.9. The van der Waals surface area contributed by atoms with E-state index in [-0.39, 0.29) is 22.0 Å². The van der Waals surface area contributed by atoms with Gasteiger partial charge in [-0.05, 0) is 35.9 Å². The molecule has 1 rings (SSSR count). The van der Waals surface area contributed by atoms with E-state index in [1.807, 2.05) is 6.92 Å². The summed E-state index contributed by atoms with van der Waals surface area (Å²) in [5.74, 6) is 0.487. The summed E-state index contributed by atoms with van der Waals surface area (Å²) < 4.78 is 6.14. The Bertz CT molecular complexity index is 354. The number of hydrogen-bond acceptors (Lipinski definition) is 4. The van der Waals surface area contributed by atoms with Gasteiger partial charge in [-0.3, -0.25) is 4.79 Å². The lowest BCUT2D eigenvalue weighted by molar-refractivity contribution is -0.140. The number of carbonyl (C=O) groups excluding carboxylic acids is 1. The zero-order chi connectivity index (χ0) is 14.8. The predicted octanol–water partition coefficient (Wildman–Crippen LogP) is 4.46. The average Bonchev–Trinajstić information content (AvgIpc) is 2.35. The number of ether oxygens (including phenoxy) is 1. The molecule has 4 heteroatoms. The van der Waals surface area contributed by atoms with Crippen molar-refractivity contribution in [1.29, 1.82) is 0 Å². The molecule has 0 aliphatic heterocycles. The van der Waals surface area contributed by atoms with Gasteiger partial charge in [0, 0.05) is 5.92 Å². The molecule has 0 bridgehead atoms. The van der Waals surface area contributed by atoms with Crippen LogP contribution in [0.4, 0.5) is 0 Å². The summed E-state index contributed by atoms with van der Waals surface area (Å²) in [4.78, 5) is 12.1. The quantitative estimate of drug-likeness (QED) is 0.716. The maximum absolute atomic E-state index is 12.1. The topological polar surface area (TPSA) is 26.3 Å². The summed E-state index contributed by atoms with van der Waals surface area (Å²) in [6, 6.07) is 0. The van der Waals surface area contributed by atoms with E-state index < -0.39 is 0 Å². The van der Waals surface area contributed by atoms with Crippen molar-refractivity contribution < 1.29 is 9.53 Å². The second-order valence-electron chi connectivity index (χ2n) is 6.66. The molecule has 0 heterocycles. The van der Waals surface area contributed by atoms with E-state index in [1.165, 1.54) is 11.8 Å². The van der Waals surface area contributed by atoms with Crippen LogP contribution in [-0.2, 0) is 9.53 Å². The fourth-order valence-corrected chi connectivity index (χ4v) is 4.50. The van der Waals surface area contributed by atoms with Crippen molar-refractivity contribution in [3.63, 3.8) is 0 Å². The summed E-state index contributed by atoms with van der Waals surface area (Å²) in [5, 5.41) is -0.00929. The molecule has 0 spiro atoms. The van der Waals surface area contributed by atoms with Gasteiger partial charge in [-0.15, -0.1) is 0 Å². The van der Waals surface area contributed by atoms with Gasteiger partial charge in [0.2, 0.25) is 4.38 Å². The Labute approximate surface area is 127 Å². The summed E-state index contributed by atoms with van der Waals surface area (Å²) in [6.07, 6.45) is 2.05. The van der Waals surface area contributed by atoms with Gasteiger partial charge in [-0.1, -0.05) is 53.3 Å². The Kier molecular flexibility index (Phi) is 5.47. The van der Waals surface area contributed by atoms with Gasteiger partial charge in [0.15, 0.2) is 0 Å². The predicted molar refractivity (Wildman–Crippen MR) is 86.6 cm³/mol. The van der Waals surface area contributed by atoms with Crippen LogP contribution in [0.3, 0.4) is 0 Å². The third-order valence-corrected chi connectivity index (χ3v) is 5.88. The Balaban J connectivity index is 2.61. The van der Waals surface area contributed by atoms with Gasteiger partial charge >= 0.3 is 0 Å².